The largest absolute Gasteiger partial charge is 0.355 e. The molecule has 1 amide bonds. The minimum Gasteiger partial charge on any atom is -0.355 e. The zero-order valence-electron chi connectivity index (χ0n) is 18.9. The lowest BCUT2D eigenvalue weighted by Crippen LogP contribution is -2.42. The first kappa shape index (κ1) is 23.6. The van der Waals surface area contributed by atoms with Crippen molar-refractivity contribution in [3.63, 3.8) is 0 Å². The lowest BCUT2D eigenvalue weighted by Gasteiger charge is -2.34. The molecule has 0 radical (unpaired) electrons. The number of piperidine rings is 2. The van der Waals surface area contributed by atoms with Crippen molar-refractivity contribution in [2.75, 3.05) is 31.1 Å². The summed E-state index contributed by atoms with van der Waals surface area (Å²) in [6.45, 7) is 4.09. The third-order valence-corrected chi connectivity index (χ3v) is 8.50. The van der Waals surface area contributed by atoms with Crippen molar-refractivity contribution >= 4 is 21.7 Å². The molecule has 2 aliphatic rings. The van der Waals surface area contributed by atoms with Crippen LogP contribution in [0.25, 0.3) is 0 Å². The Hall–Kier alpha value is -2.52. The van der Waals surface area contributed by atoms with Crippen LogP contribution in [0.4, 0.5) is 10.2 Å². The number of anilines is 1. The molecule has 9 heteroatoms. The van der Waals surface area contributed by atoms with Crippen molar-refractivity contribution in [1.29, 1.82) is 0 Å². The molecule has 1 aromatic carbocycles. The number of carbonyl (C=O) groups is 1. The van der Waals surface area contributed by atoms with Gasteiger partial charge in [0.25, 0.3) is 0 Å². The molecule has 1 N–H and O–H groups in total. The van der Waals surface area contributed by atoms with Crippen molar-refractivity contribution in [2.24, 2.45) is 5.92 Å². The van der Waals surface area contributed by atoms with Crippen molar-refractivity contribution in [3.05, 3.63) is 54.0 Å². The fraction of sp³-hybridized carbons (Fsp3) is 0.500. The van der Waals surface area contributed by atoms with E-state index in [1.165, 1.54) is 12.1 Å². The Labute approximate surface area is 195 Å². The number of halogens is 1. The predicted molar refractivity (Wildman–Crippen MR) is 125 cm³/mol. The molecule has 0 aliphatic carbocycles. The van der Waals surface area contributed by atoms with Gasteiger partial charge in [-0.1, -0.05) is 18.6 Å². The monoisotopic (exact) mass is 474 g/mol. The van der Waals surface area contributed by atoms with Gasteiger partial charge in [-0.2, -0.15) is 4.31 Å². The Morgan fingerprint density at radius 1 is 1.06 bits per heavy atom. The number of pyridine rings is 1. The third-order valence-electron chi connectivity index (χ3n) is 6.58. The average Bonchev–Trinajstić information content (AvgIpc) is 2.85. The quantitative estimate of drug-likeness (QED) is 0.693. The number of rotatable bonds is 6. The summed E-state index contributed by atoms with van der Waals surface area (Å²) in [5, 5.41) is 3.02. The first-order chi connectivity index (χ1) is 15.9. The van der Waals surface area contributed by atoms with Crippen molar-refractivity contribution in [2.45, 2.75) is 50.0 Å². The molecule has 33 heavy (non-hydrogen) atoms. The predicted octanol–water partition coefficient (Wildman–Crippen LogP) is 3.49. The van der Waals surface area contributed by atoms with Gasteiger partial charge in [0.05, 0.1) is 6.04 Å². The maximum atomic E-state index is 13.3. The molecule has 0 spiro atoms. The molecule has 7 nitrogen and oxygen atoms in total. The second-order valence-electron chi connectivity index (χ2n) is 8.83. The normalized spacial score (nSPS) is 19.3. The van der Waals surface area contributed by atoms with E-state index in [9.17, 15) is 17.6 Å². The van der Waals surface area contributed by atoms with Gasteiger partial charge in [0, 0.05) is 38.3 Å². The first-order valence-electron chi connectivity index (χ1n) is 11.6. The van der Waals surface area contributed by atoms with Gasteiger partial charge in [0.15, 0.2) is 0 Å². The number of benzene rings is 1. The van der Waals surface area contributed by atoms with E-state index >= 15 is 0 Å². The zero-order chi connectivity index (χ0) is 23.4. The smallest absolute Gasteiger partial charge is 0.246 e. The highest BCUT2D eigenvalue weighted by Crippen LogP contribution is 2.30. The Kier molecular flexibility index (Phi) is 7.29. The van der Waals surface area contributed by atoms with Crippen LogP contribution in [-0.2, 0) is 14.8 Å². The molecule has 2 aliphatic heterocycles. The maximum absolute atomic E-state index is 13.3. The van der Waals surface area contributed by atoms with E-state index in [2.05, 4.69) is 10.3 Å². The molecule has 1 atom stereocenters. The number of carbonyl (C=O) groups excluding carboxylic acids is 1. The van der Waals surface area contributed by atoms with E-state index in [1.54, 1.807) is 34.8 Å². The Morgan fingerprint density at radius 2 is 1.73 bits per heavy atom. The molecular formula is C24H31FN4O3S. The van der Waals surface area contributed by atoms with Gasteiger partial charge in [-0.15, -0.1) is 0 Å². The molecule has 4 rings (SSSR count). The van der Waals surface area contributed by atoms with Crippen LogP contribution in [0.5, 0.6) is 0 Å². The summed E-state index contributed by atoms with van der Waals surface area (Å²) in [7, 11) is -3.60. The van der Waals surface area contributed by atoms with E-state index in [0.717, 1.165) is 24.8 Å². The van der Waals surface area contributed by atoms with Crippen LogP contribution in [0.15, 0.2) is 47.5 Å². The summed E-state index contributed by atoms with van der Waals surface area (Å²) in [5.41, 5.74) is 0.850. The molecule has 0 unspecified atom stereocenters. The molecule has 3 heterocycles. The molecule has 178 valence electrons. The summed E-state index contributed by atoms with van der Waals surface area (Å²) in [4.78, 5) is 19.4. The number of hydrogen-bond acceptors (Lipinski definition) is 5. The van der Waals surface area contributed by atoms with E-state index in [4.69, 9.17) is 0 Å². The molecule has 2 fully saturated rings. The number of amides is 1. The highest BCUT2D eigenvalue weighted by atomic mass is 32.2. The summed E-state index contributed by atoms with van der Waals surface area (Å²) in [6, 6.07) is 9.21. The van der Waals surface area contributed by atoms with Gasteiger partial charge in [0.1, 0.15) is 16.5 Å². The fourth-order valence-corrected chi connectivity index (χ4v) is 6.27. The average molecular weight is 475 g/mol. The lowest BCUT2D eigenvalue weighted by molar-refractivity contribution is -0.126. The third kappa shape index (κ3) is 5.35. The zero-order valence-corrected chi connectivity index (χ0v) is 19.7. The molecule has 1 aromatic heterocycles. The molecular weight excluding hydrogens is 443 g/mol. The summed E-state index contributed by atoms with van der Waals surface area (Å²) < 4.78 is 41.3. The highest BCUT2D eigenvalue weighted by molar-refractivity contribution is 7.89. The first-order valence-corrected chi connectivity index (χ1v) is 13.1. The van der Waals surface area contributed by atoms with E-state index in [-0.39, 0.29) is 28.6 Å². The van der Waals surface area contributed by atoms with Gasteiger partial charge in [-0.25, -0.2) is 17.8 Å². The number of hydrogen-bond donors (Lipinski definition) is 1. The lowest BCUT2D eigenvalue weighted by atomic mass is 9.95. The van der Waals surface area contributed by atoms with Crippen LogP contribution < -0.4 is 10.2 Å². The van der Waals surface area contributed by atoms with E-state index in [1.807, 2.05) is 11.8 Å². The maximum Gasteiger partial charge on any atom is 0.246 e. The second-order valence-corrected chi connectivity index (χ2v) is 10.7. The van der Waals surface area contributed by atoms with Gasteiger partial charge >= 0.3 is 0 Å². The summed E-state index contributed by atoms with van der Waals surface area (Å²) >= 11 is 0. The SMILES string of the molecule is C[C@@H](NC(=O)C1CCN(c2ncccc2S(=O)(=O)N2CCCCC2)CC1)c1ccc(F)cc1. The van der Waals surface area contributed by atoms with Gasteiger partial charge in [-0.3, -0.25) is 4.79 Å². The van der Waals surface area contributed by atoms with Gasteiger partial charge < -0.3 is 10.2 Å². The highest BCUT2D eigenvalue weighted by Gasteiger charge is 2.33. The fourth-order valence-electron chi connectivity index (χ4n) is 4.58. The number of nitrogens with zero attached hydrogens (tertiary/aromatic N) is 3. The van der Waals surface area contributed by atoms with Crippen molar-refractivity contribution in [1.82, 2.24) is 14.6 Å². The molecule has 0 saturated carbocycles. The molecule has 0 bridgehead atoms. The second kappa shape index (κ2) is 10.2. The van der Waals surface area contributed by atoms with Crippen molar-refractivity contribution in [3.8, 4) is 0 Å². The minimum absolute atomic E-state index is 0.0337. The van der Waals surface area contributed by atoms with Crippen LogP contribution >= 0.6 is 0 Å². The molecule has 2 aromatic rings. The van der Waals surface area contributed by atoms with E-state index < -0.39 is 10.0 Å². The van der Waals surface area contributed by atoms with Crippen LogP contribution in [0.3, 0.4) is 0 Å². The van der Waals surface area contributed by atoms with Crippen LogP contribution in [0.1, 0.15) is 50.6 Å². The number of nitrogens with one attached hydrogen (secondary N) is 1. The van der Waals surface area contributed by atoms with Crippen LogP contribution in [-0.4, -0.2) is 49.8 Å². The summed E-state index contributed by atoms with van der Waals surface area (Å²) in [5.74, 6) is -0.0221. The molecule has 2 saturated heterocycles. The Morgan fingerprint density at radius 3 is 2.39 bits per heavy atom. The minimum atomic E-state index is -3.60. The number of sulfonamides is 1. The van der Waals surface area contributed by atoms with E-state index in [0.29, 0.717) is 44.8 Å². The van der Waals surface area contributed by atoms with Gasteiger partial charge in [-0.05, 0) is 62.4 Å². The van der Waals surface area contributed by atoms with Crippen LogP contribution in [0.2, 0.25) is 0 Å². The van der Waals surface area contributed by atoms with Crippen LogP contribution in [0, 0.1) is 11.7 Å². The number of aromatic nitrogens is 1. The Bertz CT molecular complexity index is 1060. The topological polar surface area (TPSA) is 82.6 Å². The summed E-state index contributed by atoms with van der Waals surface area (Å²) in [6.07, 6.45) is 5.66. The standard InChI is InChI=1S/C24H31FN4O3S/c1-18(19-7-9-21(25)10-8-19)27-24(30)20-11-16-28(17-12-20)23-22(6-5-13-26-23)33(31,32)29-14-3-2-4-15-29/h5-10,13,18,20H,2-4,11-12,14-17H2,1H3,(H,27,30)/t18-/m1/s1. The Balaban J connectivity index is 1.40. The van der Waals surface area contributed by atoms with Gasteiger partial charge in [0.2, 0.25) is 15.9 Å². The van der Waals surface area contributed by atoms with Crippen molar-refractivity contribution < 1.29 is 17.6 Å².